The molecule has 0 bridgehead atoms. The van der Waals surface area contributed by atoms with E-state index in [0.29, 0.717) is 16.9 Å². The number of non-ortho nitro benzene ring substituents is 1. The van der Waals surface area contributed by atoms with E-state index in [2.05, 4.69) is 10.6 Å². The maximum absolute atomic E-state index is 12.4. The molecule has 0 fully saturated rings. The topological polar surface area (TPSA) is 144 Å². The molecule has 31 heavy (non-hydrogen) atoms. The summed E-state index contributed by atoms with van der Waals surface area (Å²) in [7, 11) is 0. The van der Waals surface area contributed by atoms with Gasteiger partial charge in [0.05, 0.1) is 15.9 Å². The van der Waals surface area contributed by atoms with Gasteiger partial charge < -0.3 is 10.6 Å². The fourth-order valence-electron chi connectivity index (χ4n) is 2.80. The van der Waals surface area contributed by atoms with Gasteiger partial charge in [0, 0.05) is 23.0 Å². The Hall–Kier alpha value is -4.60. The summed E-state index contributed by atoms with van der Waals surface area (Å²) in [6.07, 6.45) is 0. The van der Waals surface area contributed by atoms with Crippen LogP contribution in [0.4, 0.5) is 22.7 Å². The molecule has 0 saturated heterocycles. The number of amides is 2. The first kappa shape index (κ1) is 21.1. The third kappa shape index (κ3) is 5.07. The number of rotatable bonds is 6. The second kappa shape index (κ2) is 8.82. The van der Waals surface area contributed by atoms with Crippen LogP contribution >= 0.6 is 0 Å². The van der Waals surface area contributed by atoms with Gasteiger partial charge in [-0.3, -0.25) is 29.8 Å². The van der Waals surface area contributed by atoms with Crippen LogP contribution in [0.1, 0.15) is 26.3 Å². The van der Waals surface area contributed by atoms with Gasteiger partial charge in [0.2, 0.25) is 0 Å². The van der Waals surface area contributed by atoms with Gasteiger partial charge in [-0.1, -0.05) is 17.7 Å². The van der Waals surface area contributed by atoms with Gasteiger partial charge in [0.15, 0.2) is 0 Å². The van der Waals surface area contributed by atoms with Gasteiger partial charge in [-0.2, -0.15) is 0 Å². The molecular formula is C21H16N4O6. The second-order valence-corrected chi connectivity index (χ2v) is 6.57. The second-order valence-electron chi connectivity index (χ2n) is 6.57. The Morgan fingerprint density at radius 2 is 1.39 bits per heavy atom. The van der Waals surface area contributed by atoms with E-state index in [4.69, 9.17) is 0 Å². The van der Waals surface area contributed by atoms with Crippen molar-refractivity contribution >= 4 is 34.6 Å². The lowest BCUT2D eigenvalue weighted by Gasteiger charge is -2.09. The number of nitro groups is 2. The molecule has 0 aliphatic rings. The van der Waals surface area contributed by atoms with E-state index in [1.54, 1.807) is 30.3 Å². The zero-order valence-corrected chi connectivity index (χ0v) is 16.2. The molecule has 3 rings (SSSR count). The molecule has 156 valence electrons. The van der Waals surface area contributed by atoms with Gasteiger partial charge in [0.1, 0.15) is 5.56 Å². The minimum absolute atomic E-state index is 0.290. The number of benzene rings is 3. The van der Waals surface area contributed by atoms with Crippen LogP contribution in [0, 0.1) is 27.2 Å². The third-order valence-electron chi connectivity index (χ3n) is 4.31. The highest BCUT2D eigenvalue weighted by molar-refractivity contribution is 6.07. The first-order chi connectivity index (χ1) is 14.7. The Labute approximate surface area is 175 Å². The van der Waals surface area contributed by atoms with Gasteiger partial charge in [-0.25, -0.2) is 0 Å². The van der Waals surface area contributed by atoms with E-state index in [1.807, 2.05) is 13.0 Å². The fourth-order valence-corrected chi connectivity index (χ4v) is 2.80. The molecular weight excluding hydrogens is 404 g/mol. The van der Waals surface area contributed by atoms with Crippen LogP contribution in [-0.2, 0) is 0 Å². The quantitative estimate of drug-likeness (QED) is 0.449. The summed E-state index contributed by atoms with van der Waals surface area (Å²) in [6.45, 7) is 1.88. The van der Waals surface area contributed by atoms with E-state index >= 15 is 0 Å². The van der Waals surface area contributed by atoms with Crippen molar-refractivity contribution in [1.82, 2.24) is 0 Å². The zero-order valence-electron chi connectivity index (χ0n) is 16.2. The molecule has 2 N–H and O–H groups in total. The highest BCUT2D eigenvalue weighted by Crippen LogP contribution is 2.26. The summed E-state index contributed by atoms with van der Waals surface area (Å²) in [6, 6.07) is 16.0. The largest absolute Gasteiger partial charge is 0.322 e. The number of anilines is 2. The van der Waals surface area contributed by atoms with Gasteiger partial charge in [-0.15, -0.1) is 0 Å². The van der Waals surface area contributed by atoms with Crippen LogP contribution in [0.3, 0.4) is 0 Å². The number of nitro benzene ring substituents is 2. The molecule has 10 nitrogen and oxygen atoms in total. The Kier molecular flexibility index (Phi) is 6.01. The molecule has 0 aliphatic heterocycles. The molecule has 0 radical (unpaired) electrons. The van der Waals surface area contributed by atoms with Crippen molar-refractivity contribution in [2.75, 3.05) is 10.6 Å². The standard InChI is InChI=1S/C21H16N4O6/c1-13-3-2-4-14(11-13)20(26)22-15-5-7-16(8-6-15)23-21(27)18-10-9-17(24(28)29)12-19(18)25(30)31/h2-12H,1H3,(H,22,26)(H,23,27). The molecule has 3 aromatic carbocycles. The maximum atomic E-state index is 12.4. The number of nitrogens with one attached hydrogen (secondary N) is 2. The van der Waals surface area contributed by atoms with E-state index < -0.39 is 27.1 Å². The van der Waals surface area contributed by atoms with Crippen LogP contribution in [0.25, 0.3) is 0 Å². The van der Waals surface area contributed by atoms with Crippen LogP contribution in [0.5, 0.6) is 0 Å². The van der Waals surface area contributed by atoms with Gasteiger partial charge in [-0.05, 0) is 49.4 Å². The lowest BCUT2D eigenvalue weighted by molar-refractivity contribution is -0.394. The average molecular weight is 420 g/mol. The normalized spacial score (nSPS) is 10.2. The minimum Gasteiger partial charge on any atom is -0.322 e. The van der Waals surface area contributed by atoms with E-state index in [-0.39, 0.29) is 11.5 Å². The highest BCUT2D eigenvalue weighted by atomic mass is 16.6. The maximum Gasteiger partial charge on any atom is 0.289 e. The number of hydrogen-bond acceptors (Lipinski definition) is 6. The summed E-state index contributed by atoms with van der Waals surface area (Å²) < 4.78 is 0. The number of aryl methyl sites for hydroxylation is 1. The summed E-state index contributed by atoms with van der Waals surface area (Å²) in [4.78, 5) is 45.1. The monoisotopic (exact) mass is 420 g/mol. The van der Waals surface area contributed by atoms with Crippen molar-refractivity contribution in [3.63, 3.8) is 0 Å². The first-order valence-electron chi connectivity index (χ1n) is 8.97. The van der Waals surface area contributed by atoms with Crippen molar-refractivity contribution in [2.24, 2.45) is 0 Å². The fraction of sp³-hybridized carbons (Fsp3) is 0.0476. The molecule has 0 spiro atoms. The smallest absolute Gasteiger partial charge is 0.289 e. The molecule has 0 saturated carbocycles. The number of carbonyl (C=O) groups is 2. The van der Waals surface area contributed by atoms with Crippen LogP contribution < -0.4 is 10.6 Å². The molecule has 10 heteroatoms. The summed E-state index contributed by atoms with van der Waals surface area (Å²) >= 11 is 0. The van der Waals surface area contributed by atoms with E-state index in [1.165, 1.54) is 12.1 Å². The Balaban J connectivity index is 1.72. The molecule has 0 heterocycles. The Morgan fingerprint density at radius 1 is 0.774 bits per heavy atom. The van der Waals surface area contributed by atoms with Crippen molar-refractivity contribution in [3.8, 4) is 0 Å². The molecule has 0 aliphatic carbocycles. The van der Waals surface area contributed by atoms with Crippen LogP contribution in [0.2, 0.25) is 0 Å². The van der Waals surface area contributed by atoms with E-state index in [9.17, 15) is 29.8 Å². The minimum atomic E-state index is -0.855. The van der Waals surface area contributed by atoms with Crippen molar-refractivity contribution in [3.05, 3.63) is 104 Å². The number of hydrogen-bond donors (Lipinski definition) is 2. The summed E-state index contributed by atoms with van der Waals surface area (Å²) in [5.41, 5.74) is 0.795. The van der Waals surface area contributed by atoms with E-state index in [0.717, 1.165) is 23.8 Å². The molecule has 0 atom stereocenters. The van der Waals surface area contributed by atoms with Crippen molar-refractivity contribution in [2.45, 2.75) is 6.92 Å². The van der Waals surface area contributed by atoms with Gasteiger partial charge >= 0.3 is 0 Å². The third-order valence-corrected chi connectivity index (χ3v) is 4.31. The first-order valence-corrected chi connectivity index (χ1v) is 8.97. The zero-order chi connectivity index (χ0) is 22.5. The Morgan fingerprint density at radius 3 is 1.94 bits per heavy atom. The molecule has 2 amide bonds. The van der Waals surface area contributed by atoms with Crippen LogP contribution in [0.15, 0.2) is 66.7 Å². The Bertz CT molecular complexity index is 1190. The van der Waals surface area contributed by atoms with Crippen molar-refractivity contribution < 1.29 is 19.4 Å². The number of carbonyl (C=O) groups excluding carboxylic acids is 2. The highest BCUT2D eigenvalue weighted by Gasteiger charge is 2.24. The predicted molar refractivity (Wildman–Crippen MR) is 113 cm³/mol. The lowest BCUT2D eigenvalue weighted by Crippen LogP contribution is -2.14. The summed E-state index contributed by atoms with van der Waals surface area (Å²) in [5, 5.41) is 27.2. The van der Waals surface area contributed by atoms with Crippen molar-refractivity contribution in [1.29, 1.82) is 0 Å². The molecule has 0 unspecified atom stereocenters. The van der Waals surface area contributed by atoms with Gasteiger partial charge in [0.25, 0.3) is 23.2 Å². The molecule has 0 aromatic heterocycles. The average Bonchev–Trinajstić information content (AvgIpc) is 2.74. The predicted octanol–water partition coefficient (Wildman–Crippen LogP) is 4.32. The summed E-state index contributed by atoms with van der Waals surface area (Å²) in [5.74, 6) is -1.08. The molecule has 3 aromatic rings. The SMILES string of the molecule is Cc1cccc(C(=O)Nc2ccc(NC(=O)c3ccc([N+](=O)[O-])cc3[N+](=O)[O-])cc2)c1. The lowest BCUT2D eigenvalue weighted by atomic mass is 10.1. The van der Waals surface area contributed by atoms with Crippen LogP contribution in [-0.4, -0.2) is 21.7 Å². The number of nitrogens with zero attached hydrogens (tertiary/aromatic N) is 2.